The van der Waals surface area contributed by atoms with E-state index in [4.69, 9.17) is 11.6 Å². The first-order valence-electron chi connectivity index (χ1n) is 2.39. The zero-order valence-electron chi connectivity index (χ0n) is 5.04. The van der Waals surface area contributed by atoms with Crippen LogP contribution >= 0.6 is 27.5 Å². The summed E-state index contributed by atoms with van der Waals surface area (Å²) in [5.74, 6) is 0. The van der Waals surface area contributed by atoms with Crippen molar-refractivity contribution in [3.05, 3.63) is 12.2 Å². The second kappa shape index (κ2) is 3.13. The van der Waals surface area contributed by atoms with Crippen LogP contribution in [0.2, 0.25) is 0 Å². The highest BCUT2D eigenvalue weighted by Crippen LogP contribution is 2.42. The predicted octanol–water partition coefficient (Wildman–Crippen LogP) is 3.45. The third kappa shape index (κ3) is 2.50. The molecule has 10 heavy (non-hydrogen) atoms. The Bertz CT molecular complexity index is 138. The first kappa shape index (κ1) is 10.3. The van der Waals surface area contributed by atoms with Crippen molar-refractivity contribution in [3.63, 3.8) is 0 Å². The molecule has 0 aromatic carbocycles. The molecule has 0 rings (SSSR count). The lowest BCUT2D eigenvalue weighted by atomic mass is 10.3. The highest BCUT2D eigenvalue weighted by molar-refractivity contribution is 9.10. The molecular formula is C5H5BrClF3. The summed E-state index contributed by atoms with van der Waals surface area (Å²) in [5, 5.41) is -3.14. The van der Waals surface area contributed by atoms with Gasteiger partial charge in [0.05, 0.1) is 0 Å². The first-order chi connectivity index (χ1) is 4.31. The summed E-state index contributed by atoms with van der Waals surface area (Å²) in [7, 11) is 0. The number of halogens is 5. The molecule has 0 aromatic rings. The maximum absolute atomic E-state index is 12.5. The van der Waals surface area contributed by atoms with E-state index in [-0.39, 0.29) is 0 Å². The summed E-state index contributed by atoms with van der Waals surface area (Å²) in [6.45, 7) is 1.40. The number of rotatable bonds is 2. The van der Waals surface area contributed by atoms with Gasteiger partial charge in [-0.2, -0.15) is 8.78 Å². The van der Waals surface area contributed by atoms with Crippen molar-refractivity contribution in [3.8, 4) is 0 Å². The Morgan fingerprint density at radius 2 is 1.80 bits per heavy atom. The zero-order chi connectivity index (χ0) is 8.41. The smallest absolute Gasteiger partial charge is 0.214 e. The summed E-state index contributed by atoms with van der Waals surface area (Å²) in [6, 6.07) is 0. The van der Waals surface area contributed by atoms with Crippen LogP contribution in [0.3, 0.4) is 0 Å². The van der Waals surface area contributed by atoms with Gasteiger partial charge in [0.15, 0.2) is 0 Å². The lowest BCUT2D eigenvalue weighted by molar-refractivity contribution is 0.0218. The van der Waals surface area contributed by atoms with E-state index in [1.807, 2.05) is 15.9 Å². The third-order valence-electron chi connectivity index (χ3n) is 0.754. The van der Waals surface area contributed by atoms with Crippen LogP contribution in [0, 0.1) is 0 Å². The number of alkyl halides is 5. The molecule has 5 heteroatoms. The number of allylic oxidation sites excluding steroid dienone is 2. The van der Waals surface area contributed by atoms with Gasteiger partial charge in [0.1, 0.15) is 0 Å². The molecule has 60 valence electrons. The summed E-state index contributed by atoms with van der Waals surface area (Å²) in [6.07, 6.45) is 1.69. The maximum atomic E-state index is 12.5. The fourth-order valence-corrected chi connectivity index (χ4v) is 0.562. The lowest BCUT2D eigenvalue weighted by Crippen LogP contribution is -2.31. The molecule has 0 N–H and O–H groups in total. The highest BCUT2D eigenvalue weighted by atomic mass is 79.9. The van der Waals surface area contributed by atoms with Crippen LogP contribution in [-0.2, 0) is 0 Å². The Morgan fingerprint density at radius 3 is 1.90 bits per heavy atom. The molecule has 0 nitrogen and oxygen atoms in total. The van der Waals surface area contributed by atoms with Gasteiger partial charge in [-0.3, -0.25) is 0 Å². The Kier molecular flexibility index (Phi) is 3.23. The van der Waals surface area contributed by atoms with Gasteiger partial charge in [-0.25, -0.2) is 4.39 Å². The van der Waals surface area contributed by atoms with Crippen LogP contribution in [0.5, 0.6) is 0 Å². The van der Waals surface area contributed by atoms with Crippen molar-refractivity contribution >= 4 is 27.5 Å². The van der Waals surface area contributed by atoms with Gasteiger partial charge in [0.2, 0.25) is 0 Å². The van der Waals surface area contributed by atoms with E-state index in [2.05, 4.69) is 0 Å². The Balaban J connectivity index is 4.40. The van der Waals surface area contributed by atoms with Gasteiger partial charge in [0.25, 0.3) is 5.13 Å². The minimum absolute atomic E-state index is 0.573. The number of hydrogen-bond donors (Lipinski definition) is 0. The molecule has 0 heterocycles. The molecular weight excluding hydrogens is 232 g/mol. The van der Waals surface area contributed by atoms with E-state index >= 15 is 0 Å². The van der Waals surface area contributed by atoms with Crippen molar-refractivity contribution < 1.29 is 13.2 Å². The highest BCUT2D eigenvalue weighted by Gasteiger charge is 2.49. The van der Waals surface area contributed by atoms with Crippen molar-refractivity contribution in [1.29, 1.82) is 0 Å². The summed E-state index contributed by atoms with van der Waals surface area (Å²) >= 11 is 6.57. The number of hydrogen-bond acceptors (Lipinski definition) is 0. The van der Waals surface area contributed by atoms with E-state index in [0.29, 0.717) is 6.08 Å². The van der Waals surface area contributed by atoms with E-state index in [9.17, 15) is 13.2 Å². The first-order valence-corrected chi connectivity index (χ1v) is 3.57. The van der Waals surface area contributed by atoms with Gasteiger partial charge in [-0.1, -0.05) is 17.7 Å². The fourth-order valence-electron chi connectivity index (χ4n) is 0.304. The van der Waals surface area contributed by atoms with Gasteiger partial charge < -0.3 is 0 Å². The molecule has 0 bridgehead atoms. The second-order valence-corrected chi connectivity index (χ2v) is 3.17. The van der Waals surface area contributed by atoms with Crippen molar-refractivity contribution in [2.24, 2.45) is 0 Å². The normalized spacial score (nSPS) is 19.4. The van der Waals surface area contributed by atoms with Crippen LogP contribution in [0.15, 0.2) is 12.2 Å². The minimum Gasteiger partial charge on any atom is -0.214 e. The van der Waals surface area contributed by atoms with Gasteiger partial charge in [0, 0.05) is 0 Å². The molecule has 0 aliphatic heterocycles. The topological polar surface area (TPSA) is 0 Å². The maximum Gasteiger partial charge on any atom is 0.352 e. The molecule has 0 saturated carbocycles. The van der Waals surface area contributed by atoms with Gasteiger partial charge in [-0.05, 0) is 28.9 Å². The average Bonchev–Trinajstić information content (AvgIpc) is 1.61. The van der Waals surface area contributed by atoms with E-state index in [1.165, 1.54) is 6.92 Å². The van der Waals surface area contributed by atoms with Crippen LogP contribution in [0.1, 0.15) is 6.92 Å². The van der Waals surface area contributed by atoms with Crippen molar-refractivity contribution in [2.45, 2.75) is 16.9 Å². The van der Waals surface area contributed by atoms with E-state index < -0.39 is 9.96 Å². The predicted molar refractivity (Wildman–Crippen MR) is 38.4 cm³/mol. The molecule has 0 spiro atoms. The molecule has 0 aliphatic carbocycles. The standard InChI is InChI=1S/C5H5BrClF3/c1-2-3-4(7,8)5(6,9)10/h2-3H,1H3/b3-2-/t4-/m0/s1. The minimum atomic E-state index is -3.73. The van der Waals surface area contributed by atoms with Gasteiger partial charge in [-0.15, -0.1) is 0 Å². The second-order valence-electron chi connectivity index (χ2n) is 1.62. The lowest BCUT2D eigenvalue weighted by Gasteiger charge is -2.18. The van der Waals surface area contributed by atoms with Crippen molar-refractivity contribution in [1.82, 2.24) is 0 Å². The summed E-state index contributed by atoms with van der Waals surface area (Å²) in [5.41, 5.74) is 0. The molecule has 0 amide bonds. The van der Waals surface area contributed by atoms with Crippen molar-refractivity contribution in [2.75, 3.05) is 0 Å². The summed E-state index contributed by atoms with van der Waals surface area (Å²) < 4.78 is 36.6. The monoisotopic (exact) mass is 236 g/mol. The molecule has 0 aromatic heterocycles. The molecule has 0 radical (unpaired) electrons. The third-order valence-corrected chi connectivity index (χ3v) is 1.92. The van der Waals surface area contributed by atoms with Crippen LogP contribution in [0.4, 0.5) is 13.2 Å². The van der Waals surface area contributed by atoms with Crippen LogP contribution in [0.25, 0.3) is 0 Å². The molecule has 1 atom stereocenters. The van der Waals surface area contributed by atoms with E-state index in [0.717, 1.165) is 6.08 Å². The molecule has 0 saturated heterocycles. The fraction of sp³-hybridized carbons (Fsp3) is 0.600. The molecule has 0 unspecified atom stereocenters. The largest absolute Gasteiger partial charge is 0.352 e. The van der Waals surface area contributed by atoms with Gasteiger partial charge >= 0.3 is 4.83 Å². The Labute approximate surface area is 70.2 Å². The summed E-state index contributed by atoms with van der Waals surface area (Å²) in [4.78, 5) is -3.73. The van der Waals surface area contributed by atoms with Crippen LogP contribution in [-0.4, -0.2) is 9.96 Å². The quantitative estimate of drug-likeness (QED) is 0.510. The van der Waals surface area contributed by atoms with E-state index in [1.54, 1.807) is 0 Å². The zero-order valence-corrected chi connectivity index (χ0v) is 7.39. The Morgan fingerprint density at radius 1 is 1.40 bits per heavy atom. The molecule has 0 aliphatic rings. The SMILES string of the molecule is C/C=C\[C@@](F)(Cl)C(F)(F)Br. The average molecular weight is 237 g/mol. The van der Waals surface area contributed by atoms with Crippen LogP contribution < -0.4 is 0 Å². The Hall–Kier alpha value is 0.300. The molecule has 0 fully saturated rings.